The van der Waals surface area contributed by atoms with Gasteiger partial charge in [0.15, 0.2) is 11.0 Å². The molecule has 1 aliphatic heterocycles. The van der Waals surface area contributed by atoms with Crippen LogP contribution in [0.25, 0.3) is 11.4 Å². The van der Waals surface area contributed by atoms with Crippen molar-refractivity contribution in [2.24, 2.45) is 0 Å². The molecule has 0 N–H and O–H groups in total. The highest BCUT2D eigenvalue weighted by Gasteiger charge is 2.25. The second-order valence-electron chi connectivity index (χ2n) is 6.97. The van der Waals surface area contributed by atoms with Crippen molar-refractivity contribution in [2.75, 3.05) is 17.2 Å². The molecule has 6 nitrogen and oxygen atoms in total. The molecule has 0 fully saturated rings. The maximum Gasteiger partial charge on any atom is 0.237 e. The number of para-hydroxylation sites is 1. The van der Waals surface area contributed by atoms with E-state index >= 15 is 0 Å². The van der Waals surface area contributed by atoms with Gasteiger partial charge in [0.25, 0.3) is 0 Å². The molecule has 154 valence electrons. The fraction of sp³-hybridized carbons (Fsp3) is 0.273. The molecule has 1 amide bonds. The van der Waals surface area contributed by atoms with E-state index in [1.165, 1.54) is 11.8 Å². The van der Waals surface area contributed by atoms with Gasteiger partial charge in [-0.15, -0.1) is 28.5 Å². The molecule has 0 saturated heterocycles. The Labute approximate surface area is 184 Å². The van der Waals surface area contributed by atoms with Crippen LogP contribution in [0.2, 0.25) is 0 Å². The predicted octanol–water partition coefficient (Wildman–Crippen LogP) is 4.54. The molecule has 1 atom stereocenters. The first-order valence-corrected chi connectivity index (χ1v) is 11.7. The van der Waals surface area contributed by atoms with Gasteiger partial charge in [-0.1, -0.05) is 36.9 Å². The molecule has 0 bridgehead atoms. The molecule has 0 unspecified atom stereocenters. The first-order valence-electron chi connectivity index (χ1n) is 9.80. The van der Waals surface area contributed by atoms with Crippen molar-refractivity contribution in [3.63, 3.8) is 0 Å². The monoisotopic (exact) mass is 437 g/mol. The summed E-state index contributed by atoms with van der Waals surface area (Å²) < 4.78 is 1.97. The number of anilines is 1. The van der Waals surface area contributed by atoms with E-state index < -0.39 is 0 Å². The molecule has 0 radical (unpaired) electrons. The number of hydrogen-bond donors (Lipinski definition) is 0. The van der Waals surface area contributed by atoms with Gasteiger partial charge >= 0.3 is 0 Å². The number of amides is 1. The molecular weight excluding hydrogens is 414 g/mol. The Kier molecular flexibility index (Phi) is 6.54. The van der Waals surface area contributed by atoms with Crippen LogP contribution in [-0.4, -0.2) is 43.2 Å². The lowest BCUT2D eigenvalue weighted by molar-refractivity contribution is -0.116. The third-order valence-corrected chi connectivity index (χ3v) is 7.01. The summed E-state index contributed by atoms with van der Waals surface area (Å²) in [6.45, 7) is 7.35. The van der Waals surface area contributed by atoms with Crippen LogP contribution < -0.4 is 4.90 Å². The highest BCUT2D eigenvalue weighted by molar-refractivity contribution is 8.00. The molecule has 3 heterocycles. The molecule has 30 heavy (non-hydrogen) atoms. The highest BCUT2D eigenvalue weighted by atomic mass is 32.2. The molecule has 4 rings (SSSR count). The molecule has 0 spiro atoms. The van der Waals surface area contributed by atoms with Crippen molar-refractivity contribution in [3.05, 3.63) is 61.4 Å². The molecule has 1 aliphatic rings. The van der Waals surface area contributed by atoms with E-state index in [9.17, 15) is 4.79 Å². The maximum atomic E-state index is 13.1. The lowest BCUT2D eigenvalue weighted by atomic mass is 10.2. The van der Waals surface area contributed by atoms with Gasteiger partial charge < -0.3 is 4.90 Å². The van der Waals surface area contributed by atoms with Crippen molar-refractivity contribution < 1.29 is 4.79 Å². The van der Waals surface area contributed by atoms with Crippen LogP contribution in [0.5, 0.6) is 0 Å². The fourth-order valence-corrected chi connectivity index (χ4v) is 5.28. The van der Waals surface area contributed by atoms with E-state index in [2.05, 4.69) is 34.8 Å². The van der Waals surface area contributed by atoms with Crippen molar-refractivity contribution in [1.29, 1.82) is 0 Å². The third kappa shape index (κ3) is 4.44. The van der Waals surface area contributed by atoms with Crippen LogP contribution in [0.4, 0.5) is 5.69 Å². The van der Waals surface area contributed by atoms with Crippen molar-refractivity contribution in [1.82, 2.24) is 19.7 Å². The lowest BCUT2D eigenvalue weighted by Gasteiger charge is -2.22. The SMILES string of the molecule is C=CCn1c(SCC(=O)N2CC[C@H](C)Sc3ccccc32)nnc1-c1cccnc1. The summed E-state index contributed by atoms with van der Waals surface area (Å²) >= 11 is 3.24. The van der Waals surface area contributed by atoms with Crippen LogP contribution in [0, 0.1) is 0 Å². The predicted molar refractivity (Wildman–Crippen MR) is 123 cm³/mol. The first kappa shape index (κ1) is 20.7. The molecular formula is C22H23N5OS2. The minimum Gasteiger partial charge on any atom is -0.311 e. The number of pyridine rings is 1. The van der Waals surface area contributed by atoms with Gasteiger partial charge in [0, 0.05) is 41.2 Å². The average molecular weight is 438 g/mol. The minimum atomic E-state index is 0.0817. The minimum absolute atomic E-state index is 0.0817. The molecule has 3 aromatic rings. The van der Waals surface area contributed by atoms with Gasteiger partial charge in [-0.25, -0.2) is 0 Å². The Morgan fingerprint density at radius 2 is 2.17 bits per heavy atom. The van der Waals surface area contributed by atoms with Gasteiger partial charge in [-0.05, 0) is 30.7 Å². The van der Waals surface area contributed by atoms with Gasteiger partial charge in [0.1, 0.15) is 0 Å². The van der Waals surface area contributed by atoms with Crippen LogP contribution >= 0.6 is 23.5 Å². The topological polar surface area (TPSA) is 63.9 Å². The summed E-state index contributed by atoms with van der Waals surface area (Å²) in [6, 6.07) is 12.0. The van der Waals surface area contributed by atoms with E-state index in [4.69, 9.17) is 0 Å². The van der Waals surface area contributed by atoms with Crippen LogP contribution in [-0.2, 0) is 11.3 Å². The smallest absolute Gasteiger partial charge is 0.237 e. The number of carbonyl (C=O) groups excluding carboxylic acids is 1. The molecule has 1 aromatic carbocycles. The van der Waals surface area contributed by atoms with Crippen molar-refractivity contribution in [2.45, 2.75) is 35.2 Å². The number of aromatic nitrogens is 4. The maximum absolute atomic E-state index is 13.1. The zero-order chi connectivity index (χ0) is 20.9. The quantitative estimate of drug-likeness (QED) is 0.417. The van der Waals surface area contributed by atoms with Crippen LogP contribution in [0.3, 0.4) is 0 Å². The third-order valence-electron chi connectivity index (χ3n) is 4.82. The summed E-state index contributed by atoms with van der Waals surface area (Å²) in [6.07, 6.45) is 6.26. The van der Waals surface area contributed by atoms with Crippen LogP contribution in [0.15, 0.2) is 71.5 Å². The highest BCUT2D eigenvalue weighted by Crippen LogP contribution is 2.37. The van der Waals surface area contributed by atoms with Gasteiger partial charge in [0.05, 0.1) is 11.4 Å². The van der Waals surface area contributed by atoms with Gasteiger partial charge in [-0.2, -0.15) is 0 Å². The Morgan fingerprint density at radius 3 is 2.97 bits per heavy atom. The molecule has 0 saturated carbocycles. The van der Waals surface area contributed by atoms with E-state index in [-0.39, 0.29) is 5.91 Å². The number of hydrogen-bond acceptors (Lipinski definition) is 6. The summed E-state index contributed by atoms with van der Waals surface area (Å²) in [5.74, 6) is 1.11. The Hall–Kier alpha value is -2.58. The summed E-state index contributed by atoms with van der Waals surface area (Å²) in [7, 11) is 0. The summed E-state index contributed by atoms with van der Waals surface area (Å²) in [5, 5.41) is 9.84. The zero-order valence-corrected chi connectivity index (χ0v) is 18.4. The van der Waals surface area contributed by atoms with E-state index in [1.54, 1.807) is 18.5 Å². The zero-order valence-electron chi connectivity index (χ0n) is 16.8. The molecule has 0 aliphatic carbocycles. The van der Waals surface area contributed by atoms with Crippen LogP contribution in [0.1, 0.15) is 13.3 Å². The van der Waals surface area contributed by atoms with Crippen molar-refractivity contribution in [3.8, 4) is 11.4 Å². The van der Waals surface area contributed by atoms with Gasteiger partial charge in [-0.3, -0.25) is 14.3 Å². The standard InChI is InChI=1S/C22H23N5OS2/c1-3-12-27-21(17-7-6-11-23-14-17)24-25-22(27)29-15-20(28)26-13-10-16(2)30-19-9-5-4-8-18(19)26/h3-9,11,14,16H,1,10,12-13,15H2,2H3/t16-/m0/s1. The number of carbonyl (C=O) groups is 1. The normalized spacial score (nSPS) is 16.0. The number of nitrogens with zero attached hydrogens (tertiary/aromatic N) is 5. The second kappa shape index (κ2) is 9.49. The summed E-state index contributed by atoms with van der Waals surface area (Å²) in [5.41, 5.74) is 1.89. The number of rotatable bonds is 6. The lowest BCUT2D eigenvalue weighted by Crippen LogP contribution is -2.33. The number of thioether (sulfide) groups is 2. The largest absolute Gasteiger partial charge is 0.311 e. The average Bonchev–Trinajstić information content (AvgIpc) is 3.08. The van der Waals surface area contributed by atoms with E-state index in [0.29, 0.717) is 22.7 Å². The Balaban J connectivity index is 1.53. The number of allylic oxidation sites excluding steroid dienone is 1. The van der Waals surface area contributed by atoms with Crippen molar-refractivity contribution >= 4 is 35.1 Å². The molecule has 2 aromatic heterocycles. The first-order chi connectivity index (χ1) is 14.7. The summed E-state index contributed by atoms with van der Waals surface area (Å²) in [4.78, 5) is 20.4. The molecule has 8 heteroatoms. The van der Waals surface area contributed by atoms with E-state index in [0.717, 1.165) is 34.9 Å². The number of fused-ring (bicyclic) bond motifs is 1. The number of benzene rings is 1. The second-order valence-corrected chi connectivity index (χ2v) is 9.39. The Morgan fingerprint density at radius 1 is 1.30 bits per heavy atom. The fourth-order valence-electron chi connectivity index (χ4n) is 3.35. The van der Waals surface area contributed by atoms with Gasteiger partial charge in [0.2, 0.25) is 5.91 Å². The Bertz CT molecular complexity index is 1040. The van der Waals surface area contributed by atoms with E-state index in [1.807, 2.05) is 51.6 Å².